The van der Waals surface area contributed by atoms with Gasteiger partial charge in [-0.25, -0.2) is 0 Å². The summed E-state index contributed by atoms with van der Waals surface area (Å²) >= 11 is 3.52. The van der Waals surface area contributed by atoms with Gasteiger partial charge in [-0.05, 0) is 67.7 Å². The highest BCUT2D eigenvalue weighted by atomic mass is 79.9. The third-order valence-electron chi connectivity index (χ3n) is 4.76. The van der Waals surface area contributed by atoms with E-state index in [9.17, 15) is 0 Å². The Morgan fingerprint density at radius 1 is 1.09 bits per heavy atom. The monoisotopic (exact) mass is 366 g/mol. The summed E-state index contributed by atoms with van der Waals surface area (Å²) in [6.07, 6.45) is 5.37. The van der Waals surface area contributed by atoms with Crippen LogP contribution in [0.15, 0.2) is 28.7 Å². The number of nitrogens with two attached hydrogens (primary N) is 1. The van der Waals surface area contributed by atoms with Gasteiger partial charge in [-0.1, -0.05) is 41.9 Å². The molecule has 0 atom stereocenters. The van der Waals surface area contributed by atoms with Crippen molar-refractivity contribution in [3.8, 4) is 0 Å². The van der Waals surface area contributed by atoms with Gasteiger partial charge in [-0.15, -0.1) is 0 Å². The summed E-state index contributed by atoms with van der Waals surface area (Å²) in [5.41, 5.74) is 7.23. The molecule has 0 saturated heterocycles. The molecule has 1 aromatic rings. The van der Waals surface area contributed by atoms with E-state index in [1.807, 2.05) is 0 Å². The third-order valence-corrected chi connectivity index (χ3v) is 5.29. The largest absolute Gasteiger partial charge is 0.330 e. The normalized spacial score (nSPS) is 22.5. The molecular formula is C19H31BrN2. The Morgan fingerprint density at radius 2 is 1.68 bits per heavy atom. The highest BCUT2D eigenvalue weighted by molar-refractivity contribution is 9.10. The summed E-state index contributed by atoms with van der Waals surface area (Å²) in [4.78, 5) is 2.65. The zero-order chi connectivity index (χ0) is 15.9. The van der Waals surface area contributed by atoms with E-state index >= 15 is 0 Å². The van der Waals surface area contributed by atoms with Crippen LogP contribution in [-0.4, -0.2) is 24.5 Å². The van der Waals surface area contributed by atoms with Crippen LogP contribution in [0.4, 0.5) is 0 Å². The van der Waals surface area contributed by atoms with Crippen molar-refractivity contribution >= 4 is 15.9 Å². The van der Waals surface area contributed by atoms with Gasteiger partial charge in [0.05, 0.1) is 0 Å². The van der Waals surface area contributed by atoms with Crippen LogP contribution in [0.5, 0.6) is 0 Å². The highest BCUT2D eigenvalue weighted by Crippen LogP contribution is 2.29. The van der Waals surface area contributed by atoms with Crippen molar-refractivity contribution in [1.82, 2.24) is 4.90 Å². The van der Waals surface area contributed by atoms with E-state index in [-0.39, 0.29) is 0 Å². The molecule has 0 aliphatic heterocycles. The summed E-state index contributed by atoms with van der Waals surface area (Å²) in [7, 11) is 0. The maximum atomic E-state index is 5.82. The molecule has 1 aliphatic carbocycles. The molecule has 0 unspecified atom stereocenters. The summed E-state index contributed by atoms with van der Waals surface area (Å²) in [5, 5.41) is 0. The van der Waals surface area contributed by atoms with E-state index in [1.54, 1.807) is 0 Å². The smallest absolute Gasteiger partial charge is 0.0233 e. The number of nitrogens with zero attached hydrogens (tertiary/aromatic N) is 1. The van der Waals surface area contributed by atoms with Crippen LogP contribution in [0, 0.1) is 17.8 Å². The second kappa shape index (κ2) is 9.05. The first-order valence-electron chi connectivity index (χ1n) is 8.73. The molecule has 0 spiro atoms. The van der Waals surface area contributed by atoms with E-state index in [0.29, 0.717) is 0 Å². The molecule has 2 nitrogen and oxygen atoms in total. The first-order chi connectivity index (χ1) is 10.6. The van der Waals surface area contributed by atoms with Gasteiger partial charge in [-0.2, -0.15) is 0 Å². The van der Waals surface area contributed by atoms with E-state index in [4.69, 9.17) is 5.73 Å². The standard InChI is InChI=1S/C19H31BrN2/c1-15(2)12-22(14-18-7-9-19(20)10-8-18)13-17-5-3-16(11-21)4-6-17/h7-10,15-17H,3-6,11-14,21H2,1-2H3. The lowest BCUT2D eigenvalue weighted by Gasteiger charge is -2.33. The summed E-state index contributed by atoms with van der Waals surface area (Å²) in [5.74, 6) is 2.36. The number of hydrogen-bond donors (Lipinski definition) is 1. The van der Waals surface area contributed by atoms with Gasteiger partial charge in [0.2, 0.25) is 0 Å². The van der Waals surface area contributed by atoms with Gasteiger partial charge < -0.3 is 5.73 Å². The lowest BCUT2D eigenvalue weighted by molar-refractivity contribution is 0.162. The molecule has 2 rings (SSSR count). The van der Waals surface area contributed by atoms with Crippen LogP contribution in [0.3, 0.4) is 0 Å². The highest BCUT2D eigenvalue weighted by Gasteiger charge is 2.22. The minimum Gasteiger partial charge on any atom is -0.330 e. The van der Waals surface area contributed by atoms with E-state index in [1.165, 1.54) is 44.3 Å². The second-order valence-corrected chi connectivity index (χ2v) is 8.25. The van der Waals surface area contributed by atoms with Gasteiger partial charge >= 0.3 is 0 Å². The molecule has 124 valence electrons. The van der Waals surface area contributed by atoms with E-state index < -0.39 is 0 Å². The molecule has 1 saturated carbocycles. The lowest BCUT2D eigenvalue weighted by atomic mass is 9.81. The molecule has 0 aromatic heterocycles. The van der Waals surface area contributed by atoms with Gasteiger partial charge in [0.15, 0.2) is 0 Å². The Kier molecular flexibility index (Phi) is 7.39. The Balaban J connectivity index is 1.90. The maximum Gasteiger partial charge on any atom is 0.0233 e. The van der Waals surface area contributed by atoms with Crippen molar-refractivity contribution in [2.24, 2.45) is 23.5 Å². The number of benzene rings is 1. The van der Waals surface area contributed by atoms with Crippen LogP contribution in [0.2, 0.25) is 0 Å². The summed E-state index contributed by atoms with van der Waals surface area (Å²) < 4.78 is 1.16. The third kappa shape index (κ3) is 6.02. The van der Waals surface area contributed by atoms with Crippen molar-refractivity contribution in [2.45, 2.75) is 46.1 Å². The van der Waals surface area contributed by atoms with Crippen molar-refractivity contribution in [3.05, 3.63) is 34.3 Å². The number of halogens is 1. The van der Waals surface area contributed by atoms with E-state index in [2.05, 4.69) is 58.9 Å². The quantitative estimate of drug-likeness (QED) is 0.759. The predicted octanol–water partition coefficient (Wildman–Crippen LogP) is 4.67. The van der Waals surface area contributed by atoms with Gasteiger partial charge in [-0.3, -0.25) is 4.90 Å². The zero-order valence-corrected chi connectivity index (χ0v) is 15.7. The Hall–Kier alpha value is -0.380. The molecule has 0 radical (unpaired) electrons. The minimum absolute atomic E-state index is 0.718. The van der Waals surface area contributed by atoms with Crippen molar-refractivity contribution < 1.29 is 0 Å². The Bertz CT molecular complexity index is 422. The average molecular weight is 367 g/mol. The van der Waals surface area contributed by atoms with Gasteiger partial charge in [0.25, 0.3) is 0 Å². The molecule has 2 N–H and O–H groups in total. The molecule has 1 fully saturated rings. The lowest BCUT2D eigenvalue weighted by Crippen LogP contribution is -2.34. The van der Waals surface area contributed by atoms with Crippen molar-refractivity contribution in [1.29, 1.82) is 0 Å². The number of hydrogen-bond acceptors (Lipinski definition) is 2. The molecule has 1 aromatic carbocycles. The summed E-state index contributed by atoms with van der Waals surface area (Å²) in [6.45, 7) is 9.02. The van der Waals surface area contributed by atoms with Crippen LogP contribution in [-0.2, 0) is 6.54 Å². The molecule has 3 heteroatoms. The zero-order valence-electron chi connectivity index (χ0n) is 14.1. The van der Waals surface area contributed by atoms with Gasteiger partial charge in [0.1, 0.15) is 0 Å². The molecule has 22 heavy (non-hydrogen) atoms. The van der Waals surface area contributed by atoms with E-state index in [0.717, 1.165) is 35.3 Å². The molecule has 1 aliphatic rings. The summed E-state index contributed by atoms with van der Waals surface area (Å²) in [6, 6.07) is 8.77. The molecular weight excluding hydrogens is 336 g/mol. The molecule has 0 heterocycles. The fourth-order valence-electron chi connectivity index (χ4n) is 3.58. The van der Waals surface area contributed by atoms with Crippen LogP contribution < -0.4 is 5.73 Å². The molecule has 0 amide bonds. The minimum atomic E-state index is 0.718. The van der Waals surface area contributed by atoms with Gasteiger partial charge in [0, 0.05) is 24.1 Å². The second-order valence-electron chi connectivity index (χ2n) is 7.34. The van der Waals surface area contributed by atoms with Crippen LogP contribution >= 0.6 is 15.9 Å². The fourth-order valence-corrected chi connectivity index (χ4v) is 3.85. The van der Waals surface area contributed by atoms with Crippen molar-refractivity contribution in [2.75, 3.05) is 19.6 Å². The topological polar surface area (TPSA) is 29.3 Å². The fraction of sp³-hybridized carbons (Fsp3) is 0.684. The van der Waals surface area contributed by atoms with Crippen molar-refractivity contribution in [3.63, 3.8) is 0 Å². The Labute approximate surface area is 144 Å². The average Bonchev–Trinajstić information content (AvgIpc) is 2.50. The predicted molar refractivity (Wildman–Crippen MR) is 98.8 cm³/mol. The SMILES string of the molecule is CC(C)CN(Cc1ccc(Br)cc1)CC1CCC(CN)CC1. The molecule has 0 bridgehead atoms. The first-order valence-corrected chi connectivity index (χ1v) is 9.53. The number of rotatable bonds is 7. The first kappa shape index (κ1) is 18.0. The maximum absolute atomic E-state index is 5.82. The Morgan fingerprint density at radius 3 is 2.23 bits per heavy atom. The van der Waals surface area contributed by atoms with Crippen LogP contribution in [0.25, 0.3) is 0 Å². The van der Waals surface area contributed by atoms with Crippen LogP contribution in [0.1, 0.15) is 45.1 Å².